The first kappa shape index (κ1) is 13.0. The van der Waals surface area contributed by atoms with Gasteiger partial charge >= 0.3 is 0 Å². The smallest absolute Gasteiger partial charge is 0.293 e. The lowest BCUT2D eigenvalue weighted by Gasteiger charge is -2.22. The zero-order valence-electron chi connectivity index (χ0n) is 11.8. The quantitative estimate of drug-likeness (QED) is 0.858. The van der Waals surface area contributed by atoms with Crippen molar-refractivity contribution in [2.45, 2.75) is 32.2 Å². The molecule has 104 valence electrons. The maximum atomic E-state index is 12.5. The van der Waals surface area contributed by atoms with Gasteiger partial charge in [0.15, 0.2) is 5.75 Å². The summed E-state index contributed by atoms with van der Waals surface area (Å²) in [6, 6.07) is 12.0. The van der Waals surface area contributed by atoms with Crippen LogP contribution in [0.3, 0.4) is 0 Å². The molecule has 0 bridgehead atoms. The number of benzene rings is 1. The number of hydrogen-bond acceptors (Lipinski definition) is 2. The van der Waals surface area contributed by atoms with Crippen LogP contribution >= 0.6 is 0 Å². The number of methoxy groups -OCH3 is 1. The number of pyridine rings is 1. The van der Waals surface area contributed by atoms with E-state index in [1.54, 1.807) is 7.11 Å². The predicted molar refractivity (Wildman–Crippen MR) is 79.4 cm³/mol. The maximum absolute atomic E-state index is 12.5. The third kappa shape index (κ3) is 2.36. The molecule has 1 aliphatic rings. The van der Waals surface area contributed by atoms with E-state index in [1.807, 2.05) is 28.8 Å². The number of aromatic nitrogens is 1. The van der Waals surface area contributed by atoms with E-state index in [0.29, 0.717) is 12.3 Å². The van der Waals surface area contributed by atoms with Gasteiger partial charge in [-0.1, -0.05) is 30.3 Å². The van der Waals surface area contributed by atoms with Gasteiger partial charge in [0.05, 0.1) is 13.7 Å². The molecule has 2 aromatic rings. The third-order valence-electron chi connectivity index (χ3n) is 3.97. The van der Waals surface area contributed by atoms with Crippen LogP contribution in [-0.4, -0.2) is 11.7 Å². The Morgan fingerprint density at radius 2 is 1.90 bits per heavy atom. The van der Waals surface area contributed by atoms with Gasteiger partial charge in [-0.25, -0.2) is 0 Å². The number of fused-ring (bicyclic) bond motifs is 1. The number of aryl methyl sites for hydroxylation is 1. The lowest BCUT2D eigenvalue weighted by molar-refractivity contribution is 0.399. The molecule has 0 saturated heterocycles. The maximum Gasteiger partial charge on any atom is 0.293 e. The Morgan fingerprint density at radius 1 is 1.15 bits per heavy atom. The van der Waals surface area contributed by atoms with Crippen LogP contribution in [0, 0.1) is 0 Å². The molecule has 1 aromatic carbocycles. The van der Waals surface area contributed by atoms with E-state index in [2.05, 4.69) is 12.1 Å². The van der Waals surface area contributed by atoms with Crippen LogP contribution in [-0.2, 0) is 19.4 Å². The molecule has 0 spiro atoms. The van der Waals surface area contributed by atoms with Crippen LogP contribution in [0.5, 0.6) is 5.75 Å². The summed E-state index contributed by atoms with van der Waals surface area (Å²) in [6.45, 7) is 0.624. The zero-order chi connectivity index (χ0) is 13.9. The Morgan fingerprint density at radius 3 is 2.65 bits per heavy atom. The summed E-state index contributed by atoms with van der Waals surface area (Å²) in [5.74, 6) is 0.460. The Labute approximate surface area is 118 Å². The summed E-state index contributed by atoms with van der Waals surface area (Å²) >= 11 is 0. The van der Waals surface area contributed by atoms with Crippen molar-refractivity contribution in [2.24, 2.45) is 0 Å². The van der Waals surface area contributed by atoms with E-state index >= 15 is 0 Å². The van der Waals surface area contributed by atoms with Crippen molar-refractivity contribution in [3.63, 3.8) is 0 Å². The van der Waals surface area contributed by atoms with Crippen molar-refractivity contribution in [2.75, 3.05) is 7.11 Å². The lowest BCUT2D eigenvalue weighted by Crippen LogP contribution is -2.28. The first-order valence-electron chi connectivity index (χ1n) is 7.13. The van der Waals surface area contributed by atoms with Crippen LogP contribution in [0.1, 0.15) is 29.7 Å². The summed E-state index contributed by atoms with van der Waals surface area (Å²) in [5.41, 5.74) is 3.59. The molecule has 0 N–H and O–H groups in total. The van der Waals surface area contributed by atoms with E-state index in [1.165, 1.54) is 17.7 Å². The second-order valence-corrected chi connectivity index (χ2v) is 5.27. The minimum atomic E-state index is -0.0167. The highest BCUT2D eigenvalue weighted by molar-refractivity contribution is 5.33. The minimum absolute atomic E-state index is 0.0167. The molecule has 3 heteroatoms. The van der Waals surface area contributed by atoms with E-state index in [4.69, 9.17) is 4.74 Å². The Kier molecular flexibility index (Phi) is 3.59. The van der Waals surface area contributed by atoms with Crippen molar-refractivity contribution in [1.82, 2.24) is 4.57 Å². The zero-order valence-corrected chi connectivity index (χ0v) is 11.8. The number of ether oxygens (including phenoxy) is 1. The molecule has 0 fully saturated rings. The first-order valence-corrected chi connectivity index (χ1v) is 7.13. The van der Waals surface area contributed by atoms with Crippen LogP contribution in [0.25, 0.3) is 0 Å². The summed E-state index contributed by atoms with van der Waals surface area (Å²) in [5, 5.41) is 0. The highest BCUT2D eigenvalue weighted by Gasteiger charge is 2.18. The van der Waals surface area contributed by atoms with Gasteiger partial charge < -0.3 is 9.30 Å². The molecule has 1 heterocycles. The van der Waals surface area contributed by atoms with Gasteiger partial charge in [-0.2, -0.15) is 0 Å². The number of rotatable bonds is 3. The molecule has 0 unspecified atom stereocenters. The largest absolute Gasteiger partial charge is 0.491 e. The topological polar surface area (TPSA) is 31.2 Å². The third-order valence-corrected chi connectivity index (χ3v) is 3.97. The van der Waals surface area contributed by atoms with Crippen LogP contribution in [0.4, 0.5) is 0 Å². The number of hydrogen-bond donors (Lipinski definition) is 0. The van der Waals surface area contributed by atoms with Gasteiger partial charge in [0.25, 0.3) is 5.56 Å². The monoisotopic (exact) mass is 269 g/mol. The Balaban J connectivity index is 2.10. The molecule has 1 aliphatic carbocycles. The molecule has 0 radical (unpaired) electrons. The minimum Gasteiger partial charge on any atom is -0.491 e. The van der Waals surface area contributed by atoms with E-state index in [9.17, 15) is 4.79 Å². The molecule has 1 aromatic heterocycles. The molecule has 3 rings (SSSR count). The van der Waals surface area contributed by atoms with Crippen molar-refractivity contribution >= 4 is 0 Å². The van der Waals surface area contributed by atoms with Crippen molar-refractivity contribution < 1.29 is 4.74 Å². The fourth-order valence-corrected chi connectivity index (χ4v) is 2.93. The van der Waals surface area contributed by atoms with E-state index in [-0.39, 0.29) is 5.56 Å². The van der Waals surface area contributed by atoms with Crippen molar-refractivity contribution in [1.29, 1.82) is 0 Å². The van der Waals surface area contributed by atoms with Crippen LogP contribution in [0.15, 0.2) is 41.2 Å². The van der Waals surface area contributed by atoms with E-state index in [0.717, 1.165) is 24.8 Å². The van der Waals surface area contributed by atoms with Crippen LogP contribution < -0.4 is 10.3 Å². The molecule has 3 nitrogen and oxygen atoms in total. The highest BCUT2D eigenvalue weighted by Crippen LogP contribution is 2.23. The molecule has 0 atom stereocenters. The summed E-state index contributed by atoms with van der Waals surface area (Å²) in [7, 11) is 1.57. The second-order valence-electron chi connectivity index (χ2n) is 5.27. The second kappa shape index (κ2) is 5.53. The highest BCUT2D eigenvalue weighted by atomic mass is 16.5. The van der Waals surface area contributed by atoms with Crippen LogP contribution in [0.2, 0.25) is 0 Å². The van der Waals surface area contributed by atoms with Gasteiger partial charge in [0, 0.05) is 5.69 Å². The fourth-order valence-electron chi connectivity index (χ4n) is 2.93. The van der Waals surface area contributed by atoms with Crippen molar-refractivity contribution in [3.8, 4) is 5.75 Å². The molecular weight excluding hydrogens is 250 g/mol. The predicted octanol–water partition coefficient (Wildman–Crippen LogP) is 2.78. The van der Waals surface area contributed by atoms with E-state index < -0.39 is 0 Å². The summed E-state index contributed by atoms with van der Waals surface area (Å²) in [6.07, 6.45) is 4.38. The first-order chi connectivity index (χ1) is 9.79. The standard InChI is InChI=1S/C17H19NO2/c1-20-16-11-14-9-5-6-10-15(14)18(17(16)19)12-13-7-3-2-4-8-13/h2-4,7-8,11H,5-6,9-10,12H2,1H3. The average molecular weight is 269 g/mol. The normalized spacial score (nSPS) is 13.8. The van der Waals surface area contributed by atoms with Gasteiger partial charge in [-0.3, -0.25) is 4.79 Å². The SMILES string of the molecule is COc1cc2c(n(Cc3ccccc3)c1=O)CCCC2. The molecule has 0 saturated carbocycles. The summed E-state index contributed by atoms with van der Waals surface area (Å²) < 4.78 is 7.15. The fraction of sp³-hybridized carbons (Fsp3) is 0.353. The lowest BCUT2D eigenvalue weighted by atomic mass is 9.95. The van der Waals surface area contributed by atoms with Gasteiger partial charge in [-0.15, -0.1) is 0 Å². The molecule has 20 heavy (non-hydrogen) atoms. The molecule has 0 aliphatic heterocycles. The molecular formula is C17H19NO2. The average Bonchev–Trinajstić information content (AvgIpc) is 2.51. The summed E-state index contributed by atoms with van der Waals surface area (Å²) in [4.78, 5) is 12.5. The Hall–Kier alpha value is -2.03. The number of nitrogens with zero attached hydrogens (tertiary/aromatic N) is 1. The Bertz CT molecular complexity index is 659. The van der Waals surface area contributed by atoms with Gasteiger partial charge in [-0.05, 0) is 42.9 Å². The van der Waals surface area contributed by atoms with Gasteiger partial charge in [0.2, 0.25) is 0 Å². The molecule has 0 amide bonds. The van der Waals surface area contributed by atoms with Gasteiger partial charge in [0.1, 0.15) is 0 Å². The van der Waals surface area contributed by atoms with Crippen molar-refractivity contribution in [3.05, 3.63) is 63.6 Å².